The molecule has 0 aliphatic carbocycles. The van der Waals surface area contributed by atoms with Crippen molar-refractivity contribution >= 4 is 33.2 Å². The number of carbonyl (C=O) groups excluding carboxylic acids is 2. The van der Waals surface area contributed by atoms with Crippen molar-refractivity contribution in [1.29, 1.82) is 0 Å². The van der Waals surface area contributed by atoms with Crippen molar-refractivity contribution in [2.24, 2.45) is 0 Å². The topological polar surface area (TPSA) is 108 Å². The summed E-state index contributed by atoms with van der Waals surface area (Å²) in [6.07, 6.45) is 1.06. The third-order valence-electron chi connectivity index (χ3n) is 5.90. The zero-order valence-electron chi connectivity index (χ0n) is 18.5. The molecule has 0 unspecified atom stereocenters. The van der Waals surface area contributed by atoms with Crippen molar-refractivity contribution in [2.45, 2.75) is 24.7 Å². The molecule has 2 aromatic rings. The van der Waals surface area contributed by atoms with Crippen LogP contribution in [0.5, 0.6) is 5.75 Å². The molecule has 2 N–H and O–H groups in total. The van der Waals surface area contributed by atoms with Gasteiger partial charge < -0.3 is 20.3 Å². The van der Waals surface area contributed by atoms with E-state index in [1.54, 1.807) is 24.3 Å². The number of aryl methyl sites for hydroxylation is 1. The molecule has 1 saturated heterocycles. The first-order valence-electron chi connectivity index (χ1n) is 11.0. The van der Waals surface area contributed by atoms with E-state index in [0.29, 0.717) is 37.4 Å². The first-order chi connectivity index (χ1) is 15.8. The number of ether oxygens (including phenoxy) is 1. The summed E-state index contributed by atoms with van der Waals surface area (Å²) in [5, 5.41) is 5.52. The fourth-order valence-corrected chi connectivity index (χ4v) is 5.36. The first kappa shape index (κ1) is 23.2. The van der Waals surface area contributed by atoms with Gasteiger partial charge in [0.2, 0.25) is 15.9 Å². The van der Waals surface area contributed by atoms with Gasteiger partial charge in [-0.1, -0.05) is 6.92 Å². The number of nitrogens with one attached hydrogen (secondary N) is 2. The number of hydrogen-bond donors (Lipinski definition) is 2. The van der Waals surface area contributed by atoms with E-state index in [0.717, 1.165) is 30.9 Å². The Hall–Kier alpha value is -2.95. The monoisotopic (exact) mass is 472 g/mol. The molecule has 2 aromatic carbocycles. The quantitative estimate of drug-likeness (QED) is 0.638. The van der Waals surface area contributed by atoms with Crippen LogP contribution in [-0.4, -0.2) is 68.8 Å². The Morgan fingerprint density at radius 2 is 1.79 bits per heavy atom. The number of piperazine rings is 1. The Morgan fingerprint density at radius 1 is 1.06 bits per heavy atom. The molecule has 0 spiro atoms. The summed E-state index contributed by atoms with van der Waals surface area (Å²) in [4.78, 5) is 26.2. The van der Waals surface area contributed by atoms with E-state index in [1.807, 2.05) is 6.07 Å². The first-order valence-corrected chi connectivity index (χ1v) is 12.5. The molecule has 0 aromatic heterocycles. The van der Waals surface area contributed by atoms with Crippen LogP contribution in [0.25, 0.3) is 0 Å². The van der Waals surface area contributed by atoms with Crippen LogP contribution in [-0.2, 0) is 26.0 Å². The lowest BCUT2D eigenvalue weighted by Crippen LogP contribution is -2.48. The highest BCUT2D eigenvalue weighted by Crippen LogP contribution is 2.27. The normalized spacial score (nSPS) is 17.2. The Balaban J connectivity index is 1.31. The molecule has 0 radical (unpaired) electrons. The maximum Gasteiger partial charge on any atom is 0.262 e. The SMILES string of the molecule is CCN1CCN(S(=O)(=O)c2ccc(NC(=O)COc3ccc4c(c3)CCC(=O)N4)cc2)CC1. The highest BCUT2D eigenvalue weighted by Gasteiger charge is 2.28. The molecule has 33 heavy (non-hydrogen) atoms. The average Bonchev–Trinajstić information content (AvgIpc) is 2.83. The van der Waals surface area contributed by atoms with Gasteiger partial charge in [-0.3, -0.25) is 9.59 Å². The molecular formula is C23H28N4O5S. The molecular weight excluding hydrogens is 444 g/mol. The van der Waals surface area contributed by atoms with Gasteiger partial charge in [0.15, 0.2) is 6.61 Å². The Labute approximate surface area is 193 Å². The molecule has 4 rings (SSSR count). The van der Waals surface area contributed by atoms with E-state index >= 15 is 0 Å². The van der Waals surface area contributed by atoms with Crippen LogP contribution >= 0.6 is 0 Å². The molecule has 0 saturated carbocycles. The zero-order chi connectivity index (χ0) is 23.4. The molecule has 9 nitrogen and oxygen atoms in total. The third-order valence-corrected chi connectivity index (χ3v) is 7.81. The van der Waals surface area contributed by atoms with Crippen molar-refractivity contribution in [1.82, 2.24) is 9.21 Å². The molecule has 0 bridgehead atoms. The van der Waals surface area contributed by atoms with Crippen LogP contribution < -0.4 is 15.4 Å². The van der Waals surface area contributed by atoms with E-state index in [4.69, 9.17) is 4.74 Å². The number of benzene rings is 2. The second-order valence-electron chi connectivity index (χ2n) is 8.07. The molecule has 2 amide bonds. The van der Waals surface area contributed by atoms with Crippen molar-refractivity contribution in [3.05, 3.63) is 48.0 Å². The highest BCUT2D eigenvalue weighted by molar-refractivity contribution is 7.89. The van der Waals surface area contributed by atoms with Gasteiger partial charge in [0.05, 0.1) is 4.90 Å². The molecule has 1 fully saturated rings. The van der Waals surface area contributed by atoms with Crippen molar-refractivity contribution < 1.29 is 22.7 Å². The van der Waals surface area contributed by atoms with Crippen molar-refractivity contribution in [2.75, 3.05) is 50.0 Å². The minimum atomic E-state index is -3.55. The van der Waals surface area contributed by atoms with Crippen molar-refractivity contribution in [3.8, 4) is 5.75 Å². The fourth-order valence-electron chi connectivity index (χ4n) is 3.94. The molecule has 10 heteroatoms. The molecule has 2 heterocycles. The summed E-state index contributed by atoms with van der Waals surface area (Å²) in [6.45, 7) is 5.19. The zero-order valence-corrected chi connectivity index (χ0v) is 19.4. The Morgan fingerprint density at radius 3 is 2.48 bits per heavy atom. The summed E-state index contributed by atoms with van der Waals surface area (Å²) < 4.78 is 32.8. The maximum atomic E-state index is 12.9. The van der Waals surface area contributed by atoms with E-state index in [2.05, 4.69) is 22.5 Å². The Kier molecular flexibility index (Phi) is 6.96. The molecule has 2 aliphatic heterocycles. The summed E-state index contributed by atoms with van der Waals surface area (Å²) >= 11 is 0. The maximum absolute atomic E-state index is 12.9. The molecule has 2 aliphatic rings. The standard InChI is InChI=1S/C23H28N4O5S/c1-2-26-11-13-27(14-12-26)33(30,31)20-7-4-18(5-8-20)24-23(29)16-32-19-6-9-21-17(15-19)3-10-22(28)25-21/h4-9,15H,2-3,10-14,16H2,1H3,(H,24,29)(H,25,28). The van der Waals surface area contributed by atoms with E-state index in [9.17, 15) is 18.0 Å². The summed E-state index contributed by atoms with van der Waals surface area (Å²) in [5.74, 6) is 0.186. The van der Waals surface area contributed by atoms with Gasteiger partial charge in [-0.05, 0) is 61.0 Å². The predicted molar refractivity (Wildman–Crippen MR) is 125 cm³/mol. The summed E-state index contributed by atoms with van der Waals surface area (Å²) in [5.41, 5.74) is 2.23. The van der Waals surface area contributed by atoms with Crippen LogP contribution in [0, 0.1) is 0 Å². The predicted octanol–water partition coefficient (Wildman–Crippen LogP) is 1.91. The summed E-state index contributed by atoms with van der Waals surface area (Å²) in [6, 6.07) is 11.5. The van der Waals surface area contributed by atoms with E-state index in [-0.39, 0.29) is 23.3 Å². The van der Waals surface area contributed by atoms with Crippen LogP contribution in [0.4, 0.5) is 11.4 Å². The lowest BCUT2D eigenvalue weighted by Gasteiger charge is -2.33. The smallest absolute Gasteiger partial charge is 0.262 e. The number of hydrogen-bond acceptors (Lipinski definition) is 6. The second kappa shape index (κ2) is 9.90. The van der Waals surface area contributed by atoms with Gasteiger partial charge in [-0.15, -0.1) is 0 Å². The van der Waals surface area contributed by atoms with Gasteiger partial charge in [0, 0.05) is 44.0 Å². The largest absolute Gasteiger partial charge is 0.484 e. The highest BCUT2D eigenvalue weighted by atomic mass is 32.2. The molecule has 176 valence electrons. The lowest BCUT2D eigenvalue weighted by molar-refractivity contribution is -0.118. The number of anilines is 2. The van der Waals surface area contributed by atoms with Gasteiger partial charge in [-0.25, -0.2) is 8.42 Å². The number of sulfonamides is 1. The fraction of sp³-hybridized carbons (Fsp3) is 0.391. The van der Waals surface area contributed by atoms with Crippen LogP contribution in [0.15, 0.2) is 47.4 Å². The lowest BCUT2D eigenvalue weighted by atomic mass is 10.0. The van der Waals surface area contributed by atoms with Gasteiger partial charge in [0.1, 0.15) is 5.75 Å². The number of likely N-dealkylation sites (N-methyl/N-ethyl adjacent to an activating group) is 1. The number of carbonyl (C=O) groups is 2. The number of fused-ring (bicyclic) bond motifs is 1. The van der Waals surface area contributed by atoms with Crippen molar-refractivity contribution in [3.63, 3.8) is 0 Å². The van der Waals surface area contributed by atoms with Crippen LogP contribution in [0.3, 0.4) is 0 Å². The minimum absolute atomic E-state index is 0.00608. The number of nitrogens with zero attached hydrogens (tertiary/aromatic N) is 2. The number of amides is 2. The van der Waals surface area contributed by atoms with Gasteiger partial charge >= 0.3 is 0 Å². The molecule has 0 atom stereocenters. The average molecular weight is 473 g/mol. The van der Waals surface area contributed by atoms with Gasteiger partial charge in [0.25, 0.3) is 5.91 Å². The Bertz CT molecular complexity index is 1130. The minimum Gasteiger partial charge on any atom is -0.484 e. The summed E-state index contributed by atoms with van der Waals surface area (Å²) in [7, 11) is -3.55. The van der Waals surface area contributed by atoms with Gasteiger partial charge in [-0.2, -0.15) is 4.31 Å². The second-order valence-corrected chi connectivity index (χ2v) is 10.0. The number of rotatable bonds is 7. The van der Waals surface area contributed by atoms with Crippen LogP contribution in [0.2, 0.25) is 0 Å². The third kappa shape index (κ3) is 5.52. The van der Waals surface area contributed by atoms with E-state index in [1.165, 1.54) is 16.4 Å². The van der Waals surface area contributed by atoms with E-state index < -0.39 is 10.0 Å². The van der Waals surface area contributed by atoms with Crippen LogP contribution in [0.1, 0.15) is 18.9 Å².